The molecular formula is C7H11N3OS. The second-order valence-electron chi connectivity index (χ2n) is 2.43. The molecule has 12 heavy (non-hydrogen) atoms. The summed E-state index contributed by atoms with van der Waals surface area (Å²) in [5.74, 6) is -0.409. The molecule has 0 fully saturated rings. The summed E-state index contributed by atoms with van der Waals surface area (Å²) in [7, 11) is 0. The van der Waals surface area contributed by atoms with Crippen LogP contribution in [0.3, 0.4) is 0 Å². The Morgan fingerprint density at radius 2 is 2.33 bits per heavy atom. The zero-order valence-electron chi connectivity index (χ0n) is 6.83. The minimum Gasteiger partial charge on any atom is -0.365 e. The van der Waals surface area contributed by atoms with Gasteiger partial charge >= 0.3 is 0 Å². The molecular weight excluding hydrogens is 174 g/mol. The van der Waals surface area contributed by atoms with Crippen molar-refractivity contribution in [2.24, 2.45) is 11.5 Å². The van der Waals surface area contributed by atoms with Gasteiger partial charge in [0.1, 0.15) is 4.88 Å². The van der Waals surface area contributed by atoms with E-state index in [1.165, 1.54) is 11.3 Å². The summed E-state index contributed by atoms with van der Waals surface area (Å²) in [6, 6.07) is 0. The summed E-state index contributed by atoms with van der Waals surface area (Å²) in [6.45, 7) is 2.32. The van der Waals surface area contributed by atoms with E-state index >= 15 is 0 Å². The predicted octanol–water partition coefficient (Wildman–Crippen LogP) is 0.0516. The van der Waals surface area contributed by atoms with Crippen LogP contribution in [0.25, 0.3) is 0 Å². The van der Waals surface area contributed by atoms with Crippen molar-refractivity contribution in [1.82, 2.24) is 4.98 Å². The van der Waals surface area contributed by atoms with Crippen molar-refractivity contribution in [3.8, 4) is 0 Å². The van der Waals surface area contributed by atoms with Crippen molar-refractivity contribution in [3.63, 3.8) is 0 Å². The molecule has 0 bridgehead atoms. The van der Waals surface area contributed by atoms with Gasteiger partial charge in [0.05, 0.1) is 10.7 Å². The monoisotopic (exact) mass is 185 g/mol. The van der Waals surface area contributed by atoms with E-state index in [0.717, 1.165) is 5.01 Å². The molecule has 5 heteroatoms. The number of rotatable bonds is 3. The van der Waals surface area contributed by atoms with E-state index in [1.807, 2.05) is 0 Å². The van der Waals surface area contributed by atoms with Crippen LogP contribution >= 0.6 is 11.3 Å². The Bertz CT molecular complexity index is 295. The van der Waals surface area contributed by atoms with Crippen molar-refractivity contribution >= 4 is 17.2 Å². The highest BCUT2D eigenvalue weighted by Crippen LogP contribution is 2.17. The Labute approximate surface area is 74.6 Å². The van der Waals surface area contributed by atoms with Gasteiger partial charge in [0.15, 0.2) is 0 Å². The summed E-state index contributed by atoms with van der Waals surface area (Å²) in [6.07, 6.45) is 0.707. The number of thiazole rings is 1. The van der Waals surface area contributed by atoms with Gasteiger partial charge in [-0.05, 0) is 13.5 Å². The molecule has 0 unspecified atom stereocenters. The van der Waals surface area contributed by atoms with Gasteiger partial charge in [-0.15, -0.1) is 11.3 Å². The molecule has 1 amide bonds. The lowest BCUT2D eigenvalue weighted by Gasteiger charge is -1.86. The van der Waals surface area contributed by atoms with Crippen LogP contribution in [0.1, 0.15) is 20.4 Å². The molecule has 0 saturated carbocycles. The van der Waals surface area contributed by atoms with E-state index in [-0.39, 0.29) is 0 Å². The number of hydrogen-bond acceptors (Lipinski definition) is 4. The van der Waals surface area contributed by atoms with E-state index in [0.29, 0.717) is 23.5 Å². The maximum Gasteiger partial charge on any atom is 0.260 e. The first-order valence-corrected chi connectivity index (χ1v) is 4.43. The largest absolute Gasteiger partial charge is 0.365 e. The van der Waals surface area contributed by atoms with Gasteiger partial charge in [-0.3, -0.25) is 4.79 Å². The third-order valence-corrected chi connectivity index (χ3v) is 2.65. The molecule has 0 aliphatic heterocycles. The number of hydrogen-bond donors (Lipinski definition) is 2. The zero-order valence-corrected chi connectivity index (χ0v) is 7.65. The fraction of sp³-hybridized carbons (Fsp3) is 0.429. The minimum atomic E-state index is -0.409. The highest BCUT2D eigenvalue weighted by atomic mass is 32.1. The molecule has 1 aromatic rings. The molecule has 0 atom stereocenters. The highest BCUT2D eigenvalue weighted by molar-refractivity contribution is 7.13. The van der Waals surface area contributed by atoms with E-state index in [2.05, 4.69) is 4.98 Å². The van der Waals surface area contributed by atoms with E-state index in [9.17, 15) is 4.79 Å². The molecule has 0 aliphatic rings. The number of aromatic nitrogens is 1. The van der Waals surface area contributed by atoms with Crippen LogP contribution in [0.15, 0.2) is 0 Å². The Kier molecular flexibility index (Phi) is 2.78. The van der Waals surface area contributed by atoms with Gasteiger partial charge in [0.2, 0.25) is 0 Å². The fourth-order valence-electron chi connectivity index (χ4n) is 0.911. The standard InChI is InChI=1S/C7H11N3OS/c1-4-6(7(9)11)12-5(10-4)2-3-8/h2-3,8H2,1H3,(H2,9,11). The highest BCUT2D eigenvalue weighted by Gasteiger charge is 2.10. The third-order valence-electron chi connectivity index (χ3n) is 1.42. The average molecular weight is 185 g/mol. The lowest BCUT2D eigenvalue weighted by molar-refractivity contribution is 0.100. The molecule has 0 aromatic carbocycles. The Hall–Kier alpha value is -0.940. The maximum atomic E-state index is 10.8. The Balaban J connectivity index is 2.92. The first-order chi connectivity index (χ1) is 5.65. The van der Waals surface area contributed by atoms with E-state index in [1.54, 1.807) is 6.92 Å². The fourth-order valence-corrected chi connectivity index (χ4v) is 1.84. The second-order valence-corrected chi connectivity index (χ2v) is 3.51. The molecule has 0 spiro atoms. The normalized spacial score (nSPS) is 10.2. The first kappa shape index (κ1) is 9.15. The molecule has 0 aliphatic carbocycles. The molecule has 4 N–H and O–H groups in total. The van der Waals surface area contributed by atoms with Crippen LogP contribution in [-0.2, 0) is 6.42 Å². The summed E-state index contributed by atoms with van der Waals surface area (Å²) in [5.41, 5.74) is 11.2. The third kappa shape index (κ3) is 1.80. The summed E-state index contributed by atoms with van der Waals surface area (Å²) < 4.78 is 0. The molecule has 0 radical (unpaired) electrons. The summed E-state index contributed by atoms with van der Waals surface area (Å²) in [5, 5.41) is 0.879. The topological polar surface area (TPSA) is 82.0 Å². The number of carbonyl (C=O) groups excluding carboxylic acids is 1. The molecule has 1 heterocycles. The van der Waals surface area contributed by atoms with Crippen LogP contribution in [0.2, 0.25) is 0 Å². The van der Waals surface area contributed by atoms with Crippen molar-refractivity contribution < 1.29 is 4.79 Å². The molecule has 1 aromatic heterocycles. The second kappa shape index (κ2) is 3.64. The Morgan fingerprint density at radius 1 is 1.67 bits per heavy atom. The number of carbonyl (C=O) groups is 1. The van der Waals surface area contributed by atoms with Crippen molar-refractivity contribution in [2.45, 2.75) is 13.3 Å². The van der Waals surface area contributed by atoms with Crippen LogP contribution in [0.5, 0.6) is 0 Å². The number of aryl methyl sites for hydroxylation is 1. The van der Waals surface area contributed by atoms with Gasteiger partial charge in [0.25, 0.3) is 5.91 Å². The molecule has 4 nitrogen and oxygen atoms in total. The zero-order chi connectivity index (χ0) is 9.14. The van der Waals surface area contributed by atoms with Crippen LogP contribution < -0.4 is 11.5 Å². The van der Waals surface area contributed by atoms with Crippen molar-refractivity contribution in [1.29, 1.82) is 0 Å². The van der Waals surface area contributed by atoms with Gasteiger partial charge in [0, 0.05) is 6.42 Å². The predicted molar refractivity (Wildman–Crippen MR) is 48.1 cm³/mol. The SMILES string of the molecule is Cc1nc(CCN)sc1C(N)=O. The van der Waals surface area contributed by atoms with Gasteiger partial charge in [-0.25, -0.2) is 4.98 Å². The number of nitrogens with two attached hydrogens (primary N) is 2. The van der Waals surface area contributed by atoms with Crippen LogP contribution in [-0.4, -0.2) is 17.4 Å². The smallest absolute Gasteiger partial charge is 0.260 e. The lowest BCUT2D eigenvalue weighted by Crippen LogP contribution is -2.10. The number of primary amides is 1. The lowest BCUT2D eigenvalue weighted by atomic mass is 10.4. The van der Waals surface area contributed by atoms with Crippen molar-refractivity contribution in [2.75, 3.05) is 6.54 Å². The first-order valence-electron chi connectivity index (χ1n) is 3.61. The van der Waals surface area contributed by atoms with Gasteiger partial charge < -0.3 is 11.5 Å². The molecule has 0 saturated heterocycles. The van der Waals surface area contributed by atoms with E-state index in [4.69, 9.17) is 11.5 Å². The minimum absolute atomic E-state index is 0.409. The van der Waals surface area contributed by atoms with E-state index < -0.39 is 5.91 Å². The van der Waals surface area contributed by atoms with Crippen LogP contribution in [0.4, 0.5) is 0 Å². The van der Waals surface area contributed by atoms with Gasteiger partial charge in [-0.1, -0.05) is 0 Å². The Morgan fingerprint density at radius 3 is 2.75 bits per heavy atom. The molecule has 1 rings (SSSR count). The number of nitrogens with zero attached hydrogens (tertiary/aromatic N) is 1. The number of amides is 1. The average Bonchev–Trinajstić information content (AvgIpc) is 2.32. The summed E-state index contributed by atoms with van der Waals surface area (Å²) >= 11 is 1.33. The van der Waals surface area contributed by atoms with Crippen LogP contribution in [0, 0.1) is 6.92 Å². The van der Waals surface area contributed by atoms with Crippen molar-refractivity contribution in [3.05, 3.63) is 15.6 Å². The maximum absolute atomic E-state index is 10.8. The van der Waals surface area contributed by atoms with Gasteiger partial charge in [-0.2, -0.15) is 0 Å². The molecule has 66 valence electrons. The quantitative estimate of drug-likeness (QED) is 0.698. The summed E-state index contributed by atoms with van der Waals surface area (Å²) in [4.78, 5) is 15.5.